The third kappa shape index (κ3) is 3.49. The number of aryl methyl sites for hydroxylation is 2. The SMILES string of the molecule is Cc1ccc(C(=O)NC(C(=O)O)c2cnn(C)c2)cc1Br. The summed E-state index contributed by atoms with van der Waals surface area (Å²) in [5.41, 5.74) is 1.81. The summed E-state index contributed by atoms with van der Waals surface area (Å²) >= 11 is 3.35. The fourth-order valence-corrected chi connectivity index (χ4v) is 2.20. The molecule has 2 aromatic rings. The highest BCUT2D eigenvalue weighted by molar-refractivity contribution is 9.10. The van der Waals surface area contributed by atoms with Crippen LogP contribution in [0.5, 0.6) is 0 Å². The summed E-state index contributed by atoms with van der Waals surface area (Å²) < 4.78 is 2.28. The standard InChI is InChI=1S/C14H14BrN3O3/c1-8-3-4-9(5-11(8)15)13(19)17-12(14(20)21)10-6-16-18(2)7-10/h3-7,12H,1-2H3,(H,17,19)(H,20,21). The van der Waals surface area contributed by atoms with Gasteiger partial charge < -0.3 is 10.4 Å². The summed E-state index contributed by atoms with van der Waals surface area (Å²) in [5, 5.41) is 15.7. The van der Waals surface area contributed by atoms with Crippen LogP contribution >= 0.6 is 15.9 Å². The first kappa shape index (κ1) is 15.2. The Kier molecular flexibility index (Phi) is 4.42. The lowest BCUT2D eigenvalue weighted by atomic mass is 10.1. The van der Waals surface area contributed by atoms with Crippen LogP contribution in [0.2, 0.25) is 0 Å². The molecule has 0 saturated carbocycles. The zero-order valence-electron chi connectivity index (χ0n) is 11.5. The van der Waals surface area contributed by atoms with Crippen molar-refractivity contribution >= 4 is 27.8 Å². The Hall–Kier alpha value is -2.15. The van der Waals surface area contributed by atoms with E-state index in [4.69, 9.17) is 0 Å². The number of carbonyl (C=O) groups is 2. The lowest BCUT2D eigenvalue weighted by Gasteiger charge is -2.13. The Labute approximate surface area is 129 Å². The van der Waals surface area contributed by atoms with Crippen molar-refractivity contribution in [3.63, 3.8) is 0 Å². The topological polar surface area (TPSA) is 84.2 Å². The number of benzene rings is 1. The number of rotatable bonds is 4. The van der Waals surface area contributed by atoms with E-state index in [1.165, 1.54) is 10.9 Å². The maximum absolute atomic E-state index is 12.2. The zero-order valence-corrected chi connectivity index (χ0v) is 13.1. The van der Waals surface area contributed by atoms with Crippen molar-refractivity contribution in [3.8, 4) is 0 Å². The van der Waals surface area contributed by atoms with E-state index in [1.807, 2.05) is 6.92 Å². The van der Waals surface area contributed by atoms with Crippen molar-refractivity contribution in [3.05, 3.63) is 51.8 Å². The Morgan fingerprint density at radius 1 is 1.43 bits per heavy atom. The van der Waals surface area contributed by atoms with Crippen LogP contribution in [0.3, 0.4) is 0 Å². The Morgan fingerprint density at radius 2 is 2.14 bits per heavy atom. The molecule has 6 nitrogen and oxygen atoms in total. The van der Waals surface area contributed by atoms with Gasteiger partial charge in [0.15, 0.2) is 6.04 Å². The number of nitrogens with one attached hydrogen (secondary N) is 1. The van der Waals surface area contributed by atoms with Crippen molar-refractivity contribution in [1.29, 1.82) is 0 Å². The van der Waals surface area contributed by atoms with Gasteiger partial charge in [0.1, 0.15) is 0 Å². The zero-order chi connectivity index (χ0) is 15.6. The molecule has 0 saturated heterocycles. The molecule has 21 heavy (non-hydrogen) atoms. The molecular formula is C14H14BrN3O3. The van der Waals surface area contributed by atoms with Gasteiger partial charge in [-0.2, -0.15) is 5.10 Å². The number of amides is 1. The fraction of sp³-hybridized carbons (Fsp3) is 0.214. The average molecular weight is 352 g/mol. The number of carbonyl (C=O) groups excluding carboxylic acids is 1. The first-order valence-electron chi connectivity index (χ1n) is 6.17. The number of nitrogens with zero attached hydrogens (tertiary/aromatic N) is 2. The number of aromatic nitrogens is 2. The number of aliphatic carboxylic acids is 1. The molecule has 0 radical (unpaired) electrons. The molecule has 2 N–H and O–H groups in total. The van der Waals surface area contributed by atoms with E-state index in [1.54, 1.807) is 31.4 Å². The molecule has 7 heteroatoms. The third-order valence-corrected chi connectivity index (χ3v) is 3.87. The largest absolute Gasteiger partial charge is 0.479 e. The van der Waals surface area contributed by atoms with Crippen LogP contribution in [0.1, 0.15) is 27.5 Å². The molecule has 1 aromatic carbocycles. The molecule has 1 aromatic heterocycles. The highest BCUT2D eigenvalue weighted by Crippen LogP contribution is 2.19. The molecule has 1 unspecified atom stereocenters. The number of carboxylic acid groups (broad SMARTS) is 1. The Balaban J connectivity index is 2.22. The number of hydrogen-bond donors (Lipinski definition) is 2. The van der Waals surface area contributed by atoms with E-state index in [0.29, 0.717) is 11.1 Å². The lowest BCUT2D eigenvalue weighted by Crippen LogP contribution is -2.33. The van der Waals surface area contributed by atoms with Crippen molar-refractivity contribution in [2.24, 2.45) is 7.05 Å². The Morgan fingerprint density at radius 3 is 2.67 bits per heavy atom. The van der Waals surface area contributed by atoms with Gasteiger partial charge in [0.25, 0.3) is 5.91 Å². The highest BCUT2D eigenvalue weighted by Gasteiger charge is 2.24. The number of carboxylic acids is 1. The number of halogens is 1. The highest BCUT2D eigenvalue weighted by atomic mass is 79.9. The van der Waals surface area contributed by atoms with Gasteiger partial charge in [-0.1, -0.05) is 22.0 Å². The quantitative estimate of drug-likeness (QED) is 0.882. The molecule has 110 valence electrons. The van der Waals surface area contributed by atoms with Gasteiger partial charge in [-0.15, -0.1) is 0 Å². The van der Waals surface area contributed by atoms with Gasteiger partial charge in [0.05, 0.1) is 6.20 Å². The van der Waals surface area contributed by atoms with Crippen LogP contribution in [-0.2, 0) is 11.8 Å². The maximum atomic E-state index is 12.2. The van der Waals surface area contributed by atoms with Crippen molar-refractivity contribution in [1.82, 2.24) is 15.1 Å². The van der Waals surface area contributed by atoms with Crippen LogP contribution < -0.4 is 5.32 Å². The van der Waals surface area contributed by atoms with Crippen LogP contribution in [0.15, 0.2) is 35.1 Å². The normalized spacial score (nSPS) is 12.0. The molecular weight excluding hydrogens is 338 g/mol. The second-order valence-corrected chi connectivity index (χ2v) is 5.51. The van der Waals surface area contributed by atoms with Gasteiger partial charge in [0, 0.05) is 28.8 Å². The van der Waals surface area contributed by atoms with E-state index in [2.05, 4.69) is 26.3 Å². The fourth-order valence-electron chi connectivity index (χ4n) is 1.83. The Bertz CT molecular complexity index is 697. The van der Waals surface area contributed by atoms with Crippen molar-refractivity contribution < 1.29 is 14.7 Å². The summed E-state index contributed by atoms with van der Waals surface area (Å²) in [6.45, 7) is 1.90. The monoisotopic (exact) mass is 351 g/mol. The second kappa shape index (κ2) is 6.09. The predicted molar refractivity (Wildman–Crippen MR) is 79.9 cm³/mol. The molecule has 1 atom stereocenters. The molecule has 0 fully saturated rings. The third-order valence-electron chi connectivity index (χ3n) is 3.01. The van der Waals surface area contributed by atoms with Gasteiger partial charge in [-0.25, -0.2) is 4.79 Å². The minimum absolute atomic E-state index is 0.391. The second-order valence-electron chi connectivity index (χ2n) is 4.66. The summed E-state index contributed by atoms with van der Waals surface area (Å²) in [5.74, 6) is -1.59. The summed E-state index contributed by atoms with van der Waals surface area (Å²) in [4.78, 5) is 23.5. The average Bonchev–Trinajstić information content (AvgIpc) is 2.84. The minimum atomic E-state index is -1.14. The predicted octanol–water partition coefficient (Wildman–Crippen LogP) is 2.05. The number of hydrogen-bond acceptors (Lipinski definition) is 3. The van der Waals surface area contributed by atoms with Crippen LogP contribution in [0.4, 0.5) is 0 Å². The first-order chi connectivity index (χ1) is 9.88. The summed E-state index contributed by atoms with van der Waals surface area (Å²) in [6.07, 6.45) is 2.98. The van der Waals surface area contributed by atoms with Gasteiger partial charge in [-0.05, 0) is 24.6 Å². The van der Waals surface area contributed by atoms with Gasteiger partial charge >= 0.3 is 5.97 Å². The minimum Gasteiger partial charge on any atom is -0.479 e. The molecule has 1 amide bonds. The van der Waals surface area contributed by atoms with Crippen LogP contribution in [0, 0.1) is 6.92 Å². The molecule has 1 heterocycles. The van der Waals surface area contributed by atoms with E-state index in [9.17, 15) is 14.7 Å². The molecule has 0 aliphatic heterocycles. The lowest BCUT2D eigenvalue weighted by molar-refractivity contribution is -0.139. The van der Waals surface area contributed by atoms with Crippen molar-refractivity contribution in [2.75, 3.05) is 0 Å². The van der Waals surface area contributed by atoms with Gasteiger partial charge in [0.2, 0.25) is 0 Å². The first-order valence-corrected chi connectivity index (χ1v) is 6.96. The smallest absolute Gasteiger partial charge is 0.331 e. The molecule has 0 aliphatic rings. The van der Waals surface area contributed by atoms with Crippen LogP contribution in [0.25, 0.3) is 0 Å². The maximum Gasteiger partial charge on any atom is 0.331 e. The van der Waals surface area contributed by atoms with E-state index >= 15 is 0 Å². The molecule has 0 bridgehead atoms. The summed E-state index contributed by atoms with van der Waals surface area (Å²) in [7, 11) is 1.68. The van der Waals surface area contributed by atoms with E-state index < -0.39 is 17.9 Å². The molecule has 0 aliphatic carbocycles. The van der Waals surface area contributed by atoms with E-state index in [0.717, 1.165) is 10.0 Å². The van der Waals surface area contributed by atoms with Crippen molar-refractivity contribution in [2.45, 2.75) is 13.0 Å². The molecule has 0 spiro atoms. The van der Waals surface area contributed by atoms with E-state index in [-0.39, 0.29) is 0 Å². The molecule has 2 rings (SSSR count). The summed E-state index contributed by atoms with van der Waals surface area (Å²) in [6, 6.07) is 3.97. The van der Waals surface area contributed by atoms with Gasteiger partial charge in [-0.3, -0.25) is 9.48 Å². The van der Waals surface area contributed by atoms with Crippen LogP contribution in [-0.4, -0.2) is 26.8 Å².